The van der Waals surface area contributed by atoms with Crippen LogP contribution in [0.15, 0.2) is 58.5 Å². The van der Waals surface area contributed by atoms with E-state index in [1.807, 2.05) is 48.9 Å². The molecule has 1 aliphatic rings. The maximum Gasteiger partial charge on any atom is 0.271 e. The van der Waals surface area contributed by atoms with Gasteiger partial charge in [0.2, 0.25) is 0 Å². The summed E-state index contributed by atoms with van der Waals surface area (Å²) in [6.07, 6.45) is 5.58. The van der Waals surface area contributed by atoms with Gasteiger partial charge in [-0.1, -0.05) is 23.9 Å². The van der Waals surface area contributed by atoms with E-state index < -0.39 is 0 Å². The summed E-state index contributed by atoms with van der Waals surface area (Å²) < 4.78 is 3.60. The van der Waals surface area contributed by atoms with Crippen LogP contribution in [0, 0.1) is 0 Å². The zero-order valence-electron chi connectivity index (χ0n) is 14.0. The minimum Gasteiger partial charge on any atom is -0.337 e. The summed E-state index contributed by atoms with van der Waals surface area (Å²) >= 11 is 3.22. The van der Waals surface area contributed by atoms with Crippen molar-refractivity contribution in [2.24, 2.45) is 0 Å². The van der Waals surface area contributed by atoms with Crippen LogP contribution >= 0.6 is 23.1 Å². The average molecular weight is 367 g/mol. The third-order valence-electron chi connectivity index (χ3n) is 4.16. The van der Waals surface area contributed by atoms with Crippen molar-refractivity contribution in [2.45, 2.75) is 18.4 Å². The summed E-state index contributed by atoms with van der Waals surface area (Å²) in [5.41, 5.74) is 2.28. The predicted molar refractivity (Wildman–Crippen MR) is 105 cm³/mol. The first kappa shape index (κ1) is 16.2. The Morgan fingerprint density at radius 1 is 1.16 bits per heavy atom. The molecule has 4 rings (SSSR count). The van der Waals surface area contributed by atoms with Gasteiger partial charge in [0.05, 0.1) is 10.4 Å². The van der Waals surface area contributed by atoms with E-state index in [1.165, 1.54) is 4.90 Å². The molecule has 2 aromatic heterocycles. The molecule has 0 N–H and O–H groups in total. The lowest BCUT2D eigenvalue weighted by Gasteiger charge is -2.11. The maximum atomic E-state index is 13.0. The molecule has 0 amide bonds. The van der Waals surface area contributed by atoms with Gasteiger partial charge in [-0.2, -0.15) is 0 Å². The van der Waals surface area contributed by atoms with Crippen LogP contribution in [-0.2, 0) is 6.54 Å². The fraction of sp³-hybridized carbons (Fsp3) is 0.158. The molecule has 0 unspecified atom stereocenters. The van der Waals surface area contributed by atoms with E-state index in [9.17, 15) is 4.79 Å². The van der Waals surface area contributed by atoms with Crippen molar-refractivity contribution in [1.29, 1.82) is 0 Å². The smallest absolute Gasteiger partial charge is 0.271 e. The molecule has 6 heteroatoms. The number of thioether (sulfide) groups is 1. The lowest BCUT2D eigenvalue weighted by molar-refractivity contribution is 0.722. The van der Waals surface area contributed by atoms with Gasteiger partial charge in [-0.3, -0.25) is 14.3 Å². The molecule has 1 aromatic carbocycles. The largest absolute Gasteiger partial charge is 0.337 e. The zero-order valence-corrected chi connectivity index (χ0v) is 15.6. The van der Waals surface area contributed by atoms with Crippen LogP contribution in [0.5, 0.6) is 0 Å². The zero-order chi connectivity index (χ0) is 17.4. The lowest BCUT2D eigenvalue weighted by Crippen LogP contribution is -2.33. The quantitative estimate of drug-likeness (QED) is 0.697. The number of anilines is 1. The topological polar surface area (TPSA) is 38.1 Å². The molecule has 0 radical (unpaired) electrons. The van der Waals surface area contributed by atoms with Gasteiger partial charge >= 0.3 is 0 Å². The molecular formula is C19H17N3OS2. The van der Waals surface area contributed by atoms with Gasteiger partial charge in [0.1, 0.15) is 9.56 Å². The van der Waals surface area contributed by atoms with E-state index in [0.717, 1.165) is 25.5 Å². The molecule has 0 atom stereocenters. The van der Waals surface area contributed by atoms with Crippen LogP contribution in [0.1, 0.15) is 12.5 Å². The van der Waals surface area contributed by atoms with Crippen LogP contribution in [0.2, 0.25) is 0 Å². The molecule has 126 valence electrons. The Morgan fingerprint density at radius 3 is 2.64 bits per heavy atom. The van der Waals surface area contributed by atoms with E-state index in [0.29, 0.717) is 6.54 Å². The number of aromatic nitrogens is 2. The number of thiazole rings is 1. The van der Waals surface area contributed by atoms with Crippen LogP contribution in [-0.4, -0.2) is 16.6 Å². The number of benzene rings is 1. The van der Waals surface area contributed by atoms with E-state index in [-0.39, 0.29) is 5.56 Å². The Balaban J connectivity index is 1.94. The van der Waals surface area contributed by atoms with Crippen molar-refractivity contribution >= 4 is 39.9 Å². The lowest BCUT2D eigenvalue weighted by atomic mass is 10.3. The van der Waals surface area contributed by atoms with Crippen molar-refractivity contribution in [3.05, 3.63) is 73.9 Å². The van der Waals surface area contributed by atoms with E-state index >= 15 is 0 Å². The number of nitrogens with zero attached hydrogens (tertiary/aromatic N) is 3. The minimum atomic E-state index is 0.0787. The van der Waals surface area contributed by atoms with Crippen molar-refractivity contribution in [3.8, 4) is 0 Å². The van der Waals surface area contributed by atoms with E-state index in [4.69, 9.17) is 0 Å². The predicted octanol–water partition coefficient (Wildman–Crippen LogP) is 2.46. The number of para-hydroxylation sites is 1. The Kier molecular flexibility index (Phi) is 4.23. The Hall–Kier alpha value is -2.31. The van der Waals surface area contributed by atoms with Gasteiger partial charge in [-0.25, -0.2) is 0 Å². The third-order valence-corrected chi connectivity index (χ3v) is 6.64. The van der Waals surface area contributed by atoms with Gasteiger partial charge in [0, 0.05) is 30.9 Å². The molecule has 0 fully saturated rings. The van der Waals surface area contributed by atoms with Crippen molar-refractivity contribution < 1.29 is 0 Å². The number of fused-ring (bicyclic) bond motifs is 1. The second kappa shape index (κ2) is 6.54. The summed E-state index contributed by atoms with van der Waals surface area (Å²) in [5.74, 6) is 0. The first-order valence-corrected chi connectivity index (χ1v) is 9.68. The van der Waals surface area contributed by atoms with Gasteiger partial charge < -0.3 is 4.90 Å². The summed E-state index contributed by atoms with van der Waals surface area (Å²) in [6, 6.07) is 12.1. The highest BCUT2D eigenvalue weighted by molar-refractivity contribution is 8.08. The molecule has 4 nitrogen and oxygen atoms in total. The molecular weight excluding hydrogens is 350 g/mol. The SMILES string of the molecule is CCn1c(=O)/c(=C2\Sc3ccccc3N2C)s/c1=C\c1ccncc1. The second-order valence-corrected chi connectivity index (χ2v) is 7.74. The van der Waals surface area contributed by atoms with E-state index in [2.05, 4.69) is 22.0 Å². The second-order valence-electron chi connectivity index (χ2n) is 5.68. The molecule has 0 aliphatic carbocycles. The molecule has 25 heavy (non-hydrogen) atoms. The van der Waals surface area contributed by atoms with Gasteiger partial charge in [-0.05, 0) is 42.8 Å². The first-order chi connectivity index (χ1) is 12.2. The molecule has 0 saturated heterocycles. The number of pyridine rings is 1. The van der Waals surface area contributed by atoms with Crippen LogP contribution < -0.4 is 19.7 Å². The molecule has 0 saturated carbocycles. The van der Waals surface area contributed by atoms with Crippen LogP contribution in [0.25, 0.3) is 11.1 Å². The maximum absolute atomic E-state index is 13.0. The highest BCUT2D eigenvalue weighted by Crippen LogP contribution is 2.44. The average Bonchev–Trinajstić information content (AvgIpc) is 3.13. The third kappa shape index (κ3) is 2.81. The molecule has 0 bridgehead atoms. The number of hydrogen-bond donors (Lipinski definition) is 0. The first-order valence-electron chi connectivity index (χ1n) is 8.05. The van der Waals surface area contributed by atoms with Crippen LogP contribution in [0.3, 0.4) is 0 Å². The molecule has 3 aromatic rings. The summed E-state index contributed by atoms with van der Waals surface area (Å²) in [7, 11) is 2.02. The van der Waals surface area contributed by atoms with Gasteiger partial charge in [0.15, 0.2) is 0 Å². The molecule has 1 aliphatic heterocycles. The summed E-state index contributed by atoms with van der Waals surface area (Å²) in [6.45, 7) is 2.66. The van der Waals surface area contributed by atoms with Crippen LogP contribution in [0.4, 0.5) is 5.69 Å². The number of hydrogen-bond acceptors (Lipinski definition) is 5. The van der Waals surface area contributed by atoms with E-state index in [1.54, 1.807) is 35.5 Å². The normalized spacial score (nSPS) is 16.4. The molecule has 3 heterocycles. The fourth-order valence-electron chi connectivity index (χ4n) is 2.87. The van der Waals surface area contributed by atoms with Crippen molar-refractivity contribution in [3.63, 3.8) is 0 Å². The minimum absolute atomic E-state index is 0.0787. The Labute approximate surface area is 153 Å². The highest BCUT2D eigenvalue weighted by atomic mass is 32.2. The highest BCUT2D eigenvalue weighted by Gasteiger charge is 2.24. The van der Waals surface area contributed by atoms with Gasteiger partial charge in [0.25, 0.3) is 5.56 Å². The Morgan fingerprint density at radius 2 is 1.92 bits per heavy atom. The molecule has 0 spiro atoms. The Bertz CT molecular complexity index is 1100. The fourth-order valence-corrected chi connectivity index (χ4v) is 5.35. The van der Waals surface area contributed by atoms with Crippen molar-refractivity contribution in [1.82, 2.24) is 9.55 Å². The van der Waals surface area contributed by atoms with Crippen molar-refractivity contribution in [2.75, 3.05) is 11.9 Å². The monoisotopic (exact) mass is 367 g/mol. The summed E-state index contributed by atoms with van der Waals surface area (Å²) in [4.78, 5) is 20.3. The van der Waals surface area contributed by atoms with Gasteiger partial charge in [-0.15, -0.1) is 11.3 Å². The standard InChI is InChI=1S/C19H17N3OS2/c1-3-22-16(12-13-8-10-20-11-9-13)25-17(18(22)23)19-21(2)14-6-4-5-7-15(14)24-19/h4-12H,3H2,1-2H3/b16-12-,19-17+. The number of rotatable bonds is 2. The summed E-state index contributed by atoms with van der Waals surface area (Å²) in [5, 5.41) is 1.01.